The molecule has 1 aromatic rings. The highest BCUT2D eigenvalue weighted by Crippen LogP contribution is 2.07. The van der Waals surface area contributed by atoms with Gasteiger partial charge in [0.2, 0.25) is 0 Å². The molecule has 0 spiro atoms. The molecule has 2 rings (SSSR count). The second kappa shape index (κ2) is 9.43. The van der Waals surface area contributed by atoms with Crippen molar-refractivity contribution in [1.82, 2.24) is 15.5 Å². The number of nitrogens with one attached hydrogen (secondary N) is 2. The van der Waals surface area contributed by atoms with Crippen LogP contribution in [-0.4, -0.2) is 50.3 Å². The molecule has 1 heterocycles. The zero-order valence-corrected chi connectivity index (χ0v) is 13.4. The lowest BCUT2D eigenvalue weighted by molar-refractivity contribution is 0.139. The Morgan fingerprint density at radius 2 is 1.95 bits per heavy atom. The van der Waals surface area contributed by atoms with E-state index in [0.29, 0.717) is 19.2 Å². The minimum absolute atomic E-state index is 0.320. The lowest BCUT2D eigenvalue weighted by Crippen LogP contribution is -2.41. The maximum Gasteiger partial charge on any atom is 0.407 e. The van der Waals surface area contributed by atoms with E-state index in [4.69, 9.17) is 4.74 Å². The number of carbonyl (C=O) groups excluding carboxylic acids is 1. The van der Waals surface area contributed by atoms with Crippen molar-refractivity contribution in [2.75, 3.05) is 33.2 Å². The van der Waals surface area contributed by atoms with Crippen LogP contribution in [0.25, 0.3) is 0 Å². The van der Waals surface area contributed by atoms with Gasteiger partial charge in [0.25, 0.3) is 0 Å². The van der Waals surface area contributed by atoms with Gasteiger partial charge < -0.3 is 20.3 Å². The number of alkyl carbamates (subject to hydrolysis) is 1. The van der Waals surface area contributed by atoms with Gasteiger partial charge in [0.1, 0.15) is 6.61 Å². The average molecular weight is 305 g/mol. The zero-order valence-electron chi connectivity index (χ0n) is 13.4. The van der Waals surface area contributed by atoms with Crippen LogP contribution in [0.4, 0.5) is 4.79 Å². The molecule has 2 N–H and O–H groups in total. The van der Waals surface area contributed by atoms with Crippen molar-refractivity contribution in [3.63, 3.8) is 0 Å². The van der Waals surface area contributed by atoms with E-state index in [2.05, 4.69) is 22.6 Å². The van der Waals surface area contributed by atoms with Crippen molar-refractivity contribution in [2.24, 2.45) is 0 Å². The third-order valence-electron chi connectivity index (χ3n) is 3.99. The molecule has 0 aromatic heterocycles. The van der Waals surface area contributed by atoms with Gasteiger partial charge in [0, 0.05) is 12.6 Å². The minimum Gasteiger partial charge on any atom is -0.445 e. The number of amides is 1. The first-order chi connectivity index (χ1) is 10.7. The number of hydrogen-bond acceptors (Lipinski definition) is 4. The number of carbonyl (C=O) groups is 1. The van der Waals surface area contributed by atoms with Crippen LogP contribution in [0.5, 0.6) is 0 Å². The second-order valence-electron chi connectivity index (χ2n) is 5.87. The van der Waals surface area contributed by atoms with Crippen LogP contribution in [0.1, 0.15) is 24.8 Å². The molecule has 0 bridgehead atoms. The average Bonchev–Trinajstić information content (AvgIpc) is 2.55. The zero-order chi connectivity index (χ0) is 15.6. The summed E-state index contributed by atoms with van der Waals surface area (Å²) in [5.41, 5.74) is 1.00. The Labute approximate surface area is 133 Å². The maximum absolute atomic E-state index is 11.6. The number of ether oxygens (including phenoxy) is 1. The summed E-state index contributed by atoms with van der Waals surface area (Å²) in [6, 6.07) is 10.3. The Bertz CT molecular complexity index is 431. The van der Waals surface area contributed by atoms with Gasteiger partial charge in [0.05, 0.1) is 0 Å². The van der Waals surface area contributed by atoms with Crippen LogP contribution in [0.2, 0.25) is 0 Å². The third kappa shape index (κ3) is 6.45. The number of piperidine rings is 1. The van der Waals surface area contributed by atoms with Gasteiger partial charge in [-0.2, -0.15) is 0 Å². The third-order valence-corrected chi connectivity index (χ3v) is 3.99. The standard InChI is InChI=1S/C17H27N3O2/c1-20-12-8-16(9-13-20)18-10-5-11-19-17(21)22-14-15-6-3-2-4-7-15/h2-4,6-7,16,18H,5,8-14H2,1H3,(H,19,21). The van der Waals surface area contributed by atoms with E-state index in [1.54, 1.807) is 0 Å². The molecular weight excluding hydrogens is 278 g/mol. The van der Waals surface area contributed by atoms with Gasteiger partial charge in [-0.15, -0.1) is 0 Å². The summed E-state index contributed by atoms with van der Waals surface area (Å²) in [6.07, 6.45) is 3.00. The predicted octanol–water partition coefficient (Wildman–Crippen LogP) is 1.99. The number of rotatable bonds is 7. The number of benzene rings is 1. The van der Waals surface area contributed by atoms with Crippen molar-refractivity contribution >= 4 is 6.09 Å². The van der Waals surface area contributed by atoms with E-state index in [-0.39, 0.29) is 6.09 Å². The van der Waals surface area contributed by atoms with Crippen LogP contribution in [0, 0.1) is 0 Å². The van der Waals surface area contributed by atoms with E-state index in [0.717, 1.165) is 18.5 Å². The largest absolute Gasteiger partial charge is 0.445 e. The Morgan fingerprint density at radius 3 is 2.68 bits per heavy atom. The van der Waals surface area contributed by atoms with Crippen LogP contribution in [0.15, 0.2) is 30.3 Å². The summed E-state index contributed by atoms with van der Waals surface area (Å²) < 4.78 is 5.16. The van der Waals surface area contributed by atoms with E-state index >= 15 is 0 Å². The number of nitrogens with zero attached hydrogens (tertiary/aromatic N) is 1. The SMILES string of the molecule is CN1CCC(NCCCNC(=O)OCc2ccccc2)CC1. The van der Waals surface area contributed by atoms with Crippen molar-refractivity contribution in [1.29, 1.82) is 0 Å². The topological polar surface area (TPSA) is 53.6 Å². The summed E-state index contributed by atoms with van der Waals surface area (Å²) in [4.78, 5) is 13.9. The van der Waals surface area contributed by atoms with Crippen molar-refractivity contribution in [3.05, 3.63) is 35.9 Å². The fourth-order valence-electron chi connectivity index (χ4n) is 2.57. The Morgan fingerprint density at radius 1 is 1.23 bits per heavy atom. The first-order valence-corrected chi connectivity index (χ1v) is 8.10. The van der Waals surface area contributed by atoms with Gasteiger partial charge >= 0.3 is 6.09 Å². The van der Waals surface area contributed by atoms with Crippen molar-refractivity contribution in [2.45, 2.75) is 31.9 Å². The molecule has 5 nitrogen and oxygen atoms in total. The van der Waals surface area contributed by atoms with E-state index in [1.807, 2.05) is 30.3 Å². The summed E-state index contributed by atoms with van der Waals surface area (Å²) in [5.74, 6) is 0. The van der Waals surface area contributed by atoms with Gasteiger partial charge in [-0.05, 0) is 51.5 Å². The highest BCUT2D eigenvalue weighted by atomic mass is 16.5. The summed E-state index contributed by atoms with van der Waals surface area (Å²) in [7, 11) is 2.17. The van der Waals surface area contributed by atoms with E-state index in [1.165, 1.54) is 25.9 Å². The molecular formula is C17H27N3O2. The molecule has 5 heteroatoms. The van der Waals surface area contributed by atoms with Gasteiger partial charge in [-0.3, -0.25) is 0 Å². The molecule has 1 aromatic carbocycles. The Kier molecular flexibility index (Phi) is 7.19. The Balaban J connectivity index is 1.47. The molecule has 0 saturated carbocycles. The number of hydrogen-bond donors (Lipinski definition) is 2. The minimum atomic E-state index is -0.344. The molecule has 0 unspecified atom stereocenters. The smallest absolute Gasteiger partial charge is 0.407 e. The predicted molar refractivity (Wildman–Crippen MR) is 87.8 cm³/mol. The van der Waals surface area contributed by atoms with Crippen LogP contribution < -0.4 is 10.6 Å². The first-order valence-electron chi connectivity index (χ1n) is 8.10. The molecule has 1 fully saturated rings. The van der Waals surface area contributed by atoms with Gasteiger partial charge in [-0.25, -0.2) is 4.79 Å². The molecule has 1 amide bonds. The normalized spacial score (nSPS) is 16.4. The molecule has 0 aliphatic carbocycles. The van der Waals surface area contributed by atoms with Gasteiger partial charge in [-0.1, -0.05) is 30.3 Å². The quantitative estimate of drug-likeness (QED) is 0.757. The molecule has 1 saturated heterocycles. The van der Waals surface area contributed by atoms with Crippen LogP contribution in [-0.2, 0) is 11.3 Å². The second-order valence-corrected chi connectivity index (χ2v) is 5.87. The van der Waals surface area contributed by atoms with Crippen LogP contribution in [0.3, 0.4) is 0 Å². The summed E-state index contributed by atoms with van der Waals surface area (Å²) in [5, 5.41) is 6.34. The number of likely N-dealkylation sites (tertiary alicyclic amines) is 1. The Hall–Kier alpha value is -1.59. The molecule has 122 valence electrons. The van der Waals surface area contributed by atoms with Gasteiger partial charge in [0.15, 0.2) is 0 Å². The molecule has 1 aliphatic heterocycles. The van der Waals surface area contributed by atoms with Crippen molar-refractivity contribution in [3.8, 4) is 0 Å². The fraction of sp³-hybridized carbons (Fsp3) is 0.588. The van der Waals surface area contributed by atoms with Crippen LogP contribution >= 0.6 is 0 Å². The van der Waals surface area contributed by atoms with E-state index < -0.39 is 0 Å². The summed E-state index contributed by atoms with van der Waals surface area (Å²) in [6.45, 7) is 4.24. The fourth-order valence-corrected chi connectivity index (χ4v) is 2.57. The first kappa shape index (κ1) is 16.8. The summed E-state index contributed by atoms with van der Waals surface area (Å²) >= 11 is 0. The van der Waals surface area contributed by atoms with E-state index in [9.17, 15) is 4.79 Å². The maximum atomic E-state index is 11.6. The highest BCUT2D eigenvalue weighted by molar-refractivity contribution is 5.67. The lowest BCUT2D eigenvalue weighted by atomic mass is 10.1. The molecule has 0 atom stereocenters. The monoisotopic (exact) mass is 305 g/mol. The highest BCUT2D eigenvalue weighted by Gasteiger charge is 2.15. The lowest BCUT2D eigenvalue weighted by Gasteiger charge is -2.29. The van der Waals surface area contributed by atoms with Crippen molar-refractivity contribution < 1.29 is 9.53 Å². The molecule has 0 radical (unpaired) electrons. The molecule has 22 heavy (non-hydrogen) atoms. The molecule has 1 aliphatic rings.